The monoisotopic (exact) mass is 493 g/mol. The molecule has 2 N–H and O–H groups in total. The smallest absolute Gasteiger partial charge is 0.315 e. The predicted octanol–water partition coefficient (Wildman–Crippen LogP) is 5.53. The zero-order valence-corrected chi connectivity index (χ0v) is 20.3. The highest BCUT2D eigenvalue weighted by molar-refractivity contribution is 7.18. The number of aromatic nitrogens is 3. The molecule has 0 bridgehead atoms. The van der Waals surface area contributed by atoms with Crippen molar-refractivity contribution in [2.24, 2.45) is 0 Å². The highest BCUT2D eigenvalue weighted by atomic mass is 32.1. The van der Waals surface area contributed by atoms with E-state index in [2.05, 4.69) is 10.1 Å². The topological polar surface area (TPSA) is 114 Å². The van der Waals surface area contributed by atoms with E-state index in [0.717, 1.165) is 22.6 Å². The Kier molecular flexibility index (Phi) is 6.74. The zero-order valence-electron chi connectivity index (χ0n) is 19.5. The van der Waals surface area contributed by atoms with Crippen molar-refractivity contribution in [2.45, 2.75) is 39.2 Å². The minimum atomic E-state index is -0.670. The van der Waals surface area contributed by atoms with Gasteiger partial charge in [-0.15, -0.1) is 11.3 Å². The number of fused-ring (bicyclic) bond motifs is 1. The molecule has 4 aromatic rings. The third kappa shape index (κ3) is 5.96. The number of carbonyl (C=O) groups excluding carboxylic acids is 1. The first-order valence-corrected chi connectivity index (χ1v) is 11.6. The Morgan fingerprint density at radius 2 is 1.86 bits per heavy atom. The van der Waals surface area contributed by atoms with Gasteiger partial charge in [-0.05, 0) is 56.7 Å². The number of hydrogen-bond acceptors (Lipinski definition) is 8. The minimum absolute atomic E-state index is 0.0244. The molecule has 0 radical (unpaired) electrons. The number of nitrogens with one attached hydrogen (secondary N) is 2. The van der Waals surface area contributed by atoms with E-state index in [1.807, 2.05) is 36.5 Å². The summed E-state index contributed by atoms with van der Waals surface area (Å²) in [5, 5.41) is 20.5. The fourth-order valence-corrected chi connectivity index (χ4v) is 4.39. The van der Waals surface area contributed by atoms with E-state index < -0.39 is 17.5 Å². The molecule has 0 fully saturated rings. The van der Waals surface area contributed by atoms with Crippen LogP contribution in [-0.2, 0) is 20.7 Å². The Balaban J connectivity index is 1.44. The number of esters is 1. The standard InChI is InChI=1S/C25H24FN5O3S/c1-25(2,3)34-22(32)14-20(28)33-19(27)13-21-30-18-10-9-17(23(26)24(18)35-21)15-5-7-16(8-6-15)31-12-4-11-29-31/h4-12,27-28H,13-14H2,1-3H3. The highest BCUT2D eigenvalue weighted by Crippen LogP contribution is 2.33. The molecule has 2 aromatic carbocycles. The second kappa shape index (κ2) is 9.75. The lowest BCUT2D eigenvalue weighted by molar-refractivity contribution is -0.153. The molecular formula is C25H24FN5O3S. The fourth-order valence-electron chi connectivity index (χ4n) is 3.39. The van der Waals surface area contributed by atoms with Crippen molar-refractivity contribution in [3.63, 3.8) is 0 Å². The maximum Gasteiger partial charge on any atom is 0.315 e. The Labute approximate surface area is 205 Å². The third-order valence-corrected chi connectivity index (χ3v) is 5.84. The summed E-state index contributed by atoms with van der Waals surface area (Å²) in [5.41, 5.74) is 1.86. The molecular weight excluding hydrogens is 469 g/mol. The molecule has 35 heavy (non-hydrogen) atoms. The van der Waals surface area contributed by atoms with Gasteiger partial charge in [-0.3, -0.25) is 15.6 Å². The molecule has 0 unspecified atom stereocenters. The first kappa shape index (κ1) is 24.2. The van der Waals surface area contributed by atoms with Crippen LogP contribution in [0.1, 0.15) is 32.2 Å². The van der Waals surface area contributed by atoms with Gasteiger partial charge in [-0.1, -0.05) is 12.1 Å². The van der Waals surface area contributed by atoms with Crippen LogP contribution in [0.2, 0.25) is 0 Å². The number of nitrogens with zero attached hydrogens (tertiary/aromatic N) is 3. The van der Waals surface area contributed by atoms with Crippen LogP contribution in [0.3, 0.4) is 0 Å². The van der Waals surface area contributed by atoms with Gasteiger partial charge in [0.2, 0.25) is 0 Å². The van der Waals surface area contributed by atoms with Crippen LogP contribution < -0.4 is 0 Å². The van der Waals surface area contributed by atoms with Gasteiger partial charge < -0.3 is 9.47 Å². The molecule has 180 valence electrons. The van der Waals surface area contributed by atoms with Gasteiger partial charge in [0, 0.05) is 18.0 Å². The second-order valence-corrected chi connectivity index (χ2v) is 9.85. The molecule has 0 saturated heterocycles. The normalized spacial score (nSPS) is 11.4. The van der Waals surface area contributed by atoms with E-state index in [1.165, 1.54) is 0 Å². The number of thiazole rings is 1. The third-order valence-electron chi connectivity index (χ3n) is 4.77. The van der Waals surface area contributed by atoms with Gasteiger partial charge in [0.05, 0.1) is 22.3 Å². The van der Waals surface area contributed by atoms with Crippen LogP contribution in [-0.4, -0.2) is 38.1 Å². The van der Waals surface area contributed by atoms with E-state index in [-0.39, 0.29) is 24.6 Å². The number of benzene rings is 2. The molecule has 0 amide bonds. The molecule has 0 spiro atoms. The first-order chi connectivity index (χ1) is 16.6. The lowest BCUT2D eigenvalue weighted by atomic mass is 10.0. The summed E-state index contributed by atoms with van der Waals surface area (Å²) in [6.45, 7) is 5.18. The lowest BCUT2D eigenvalue weighted by Crippen LogP contribution is -2.26. The Morgan fingerprint density at radius 3 is 2.51 bits per heavy atom. The van der Waals surface area contributed by atoms with Gasteiger partial charge in [0.1, 0.15) is 22.8 Å². The van der Waals surface area contributed by atoms with E-state index in [1.54, 1.807) is 43.8 Å². The van der Waals surface area contributed by atoms with Crippen LogP contribution in [0.5, 0.6) is 0 Å². The van der Waals surface area contributed by atoms with Crippen molar-refractivity contribution < 1.29 is 18.7 Å². The molecule has 0 aliphatic rings. The molecule has 8 nitrogen and oxygen atoms in total. The summed E-state index contributed by atoms with van der Waals surface area (Å²) in [6.07, 6.45) is 3.12. The largest absolute Gasteiger partial charge is 0.460 e. The molecule has 0 aliphatic heterocycles. The van der Waals surface area contributed by atoms with Gasteiger partial charge >= 0.3 is 5.97 Å². The fraction of sp³-hybridized carbons (Fsp3) is 0.240. The Morgan fingerprint density at radius 1 is 1.11 bits per heavy atom. The van der Waals surface area contributed by atoms with Gasteiger partial charge in [-0.25, -0.2) is 14.1 Å². The van der Waals surface area contributed by atoms with Crippen molar-refractivity contribution >= 4 is 39.3 Å². The molecule has 10 heteroatoms. The van der Waals surface area contributed by atoms with Crippen molar-refractivity contribution in [1.29, 1.82) is 10.8 Å². The van der Waals surface area contributed by atoms with Gasteiger partial charge in [0.15, 0.2) is 11.8 Å². The average Bonchev–Trinajstić information content (AvgIpc) is 3.43. The highest BCUT2D eigenvalue weighted by Gasteiger charge is 2.20. The maximum atomic E-state index is 15.4. The molecule has 0 saturated carbocycles. The molecule has 0 atom stereocenters. The van der Waals surface area contributed by atoms with Crippen LogP contribution in [0.25, 0.3) is 27.0 Å². The summed E-state index contributed by atoms with van der Waals surface area (Å²) in [7, 11) is 0. The number of carbonyl (C=O) groups is 1. The van der Waals surface area contributed by atoms with E-state index in [4.69, 9.17) is 20.3 Å². The van der Waals surface area contributed by atoms with E-state index >= 15 is 4.39 Å². The molecule has 4 rings (SSSR count). The SMILES string of the molecule is CC(C)(C)OC(=O)CC(=N)OC(=N)Cc1nc2ccc(-c3ccc(-n4cccn4)cc3)c(F)c2s1. The summed E-state index contributed by atoms with van der Waals surface area (Å²) in [5.74, 6) is -1.64. The van der Waals surface area contributed by atoms with Crippen molar-refractivity contribution in [1.82, 2.24) is 14.8 Å². The predicted molar refractivity (Wildman–Crippen MR) is 133 cm³/mol. The number of ether oxygens (including phenoxy) is 2. The Bertz CT molecular complexity index is 1390. The van der Waals surface area contributed by atoms with Crippen LogP contribution >= 0.6 is 11.3 Å². The molecule has 0 aliphatic carbocycles. The zero-order chi connectivity index (χ0) is 25.2. The molecule has 2 heterocycles. The summed E-state index contributed by atoms with van der Waals surface area (Å²) < 4.78 is 27.7. The summed E-state index contributed by atoms with van der Waals surface area (Å²) in [6, 6.07) is 12.7. The van der Waals surface area contributed by atoms with Gasteiger partial charge in [0.25, 0.3) is 0 Å². The van der Waals surface area contributed by atoms with Crippen LogP contribution in [0, 0.1) is 16.6 Å². The average molecular weight is 494 g/mol. The number of halogens is 1. The second-order valence-electron chi connectivity index (χ2n) is 8.77. The maximum absolute atomic E-state index is 15.4. The summed E-state index contributed by atoms with van der Waals surface area (Å²) >= 11 is 1.13. The number of hydrogen-bond donors (Lipinski definition) is 2. The number of rotatable bonds is 6. The van der Waals surface area contributed by atoms with E-state index in [9.17, 15) is 4.79 Å². The summed E-state index contributed by atoms with van der Waals surface area (Å²) in [4.78, 5) is 16.2. The lowest BCUT2D eigenvalue weighted by Gasteiger charge is -2.19. The van der Waals surface area contributed by atoms with E-state index in [0.29, 0.717) is 20.8 Å². The van der Waals surface area contributed by atoms with Crippen LogP contribution in [0.15, 0.2) is 54.9 Å². The van der Waals surface area contributed by atoms with Crippen molar-refractivity contribution in [3.8, 4) is 16.8 Å². The van der Waals surface area contributed by atoms with Crippen molar-refractivity contribution in [2.75, 3.05) is 0 Å². The first-order valence-electron chi connectivity index (χ1n) is 10.8. The van der Waals surface area contributed by atoms with Gasteiger partial charge in [-0.2, -0.15) is 5.10 Å². The Hall–Kier alpha value is -3.92. The van der Waals surface area contributed by atoms with Crippen LogP contribution in [0.4, 0.5) is 4.39 Å². The molecule has 2 aromatic heterocycles. The van der Waals surface area contributed by atoms with Crippen molar-refractivity contribution in [3.05, 3.63) is 65.7 Å². The quantitative estimate of drug-likeness (QED) is 0.208. The minimum Gasteiger partial charge on any atom is -0.460 e.